The summed E-state index contributed by atoms with van der Waals surface area (Å²) in [6, 6.07) is 21.8. The number of nitrogens with zero attached hydrogens (tertiary/aromatic N) is 2. The van der Waals surface area contributed by atoms with Gasteiger partial charge in [0.25, 0.3) is 0 Å². The summed E-state index contributed by atoms with van der Waals surface area (Å²) in [6.45, 7) is 0. The Morgan fingerprint density at radius 2 is 1.38 bits per heavy atom. The van der Waals surface area contributed by atoms with E-state index in [1.807, 2.05) is 53.5 Å². The second-order valence-corrected chi connectivity index (χ2v) is 7.02. The Labute approximate surface area is 161 Å². The molecule has 0 spiro atoms. The highest BCUT2D eigenvalue weighted by atomic mass is 35.5. The molecule has 0 amide bonds. The van der Waals surface area contributed by atoms with E-state index in [4.69, 9.17) is 28.3 Å². The molecule has 2 nitrogen and oxygen atoms in total. The summed E-state index contributed by atoms with van der Waals surface area (Å²) in [4.78, 5) is 0. The van der Waals surface area contributed by atoms with Crippen molar-refractivity contribution in [2.24, 2.45) is 5.10 Å². The van der Waals surface area contributed by atoms with Crippen molar-refractivity contribution >= 4 is 34.6 Å². The molecule has 26 heavy (non-hydrogen) atoms. The highest BCUT2D eigenvalue weighted by Gasteiger charge is 2.29. The van der Waals surface area contributed by atoms with E-state index in [2.05, 4.69) is 0 Å². The van der Waals surface area contributed by atoms with Gasteiger partial charge in [-0.1, -0.05) is 47.5 Å². The average molecular weight is 385 g/mol. The van der Waals surface area contributed by atoms with Crippen LogP contribution >= 0.6 is 23.2 Å². The summed E-state index contributed by atoms with van der Waals surface area (Å²) in [6.07, 6.45) is 0.737. The topological polar surface area (TPSA) is 15.6 Å². The minimum absolute atomic E-state index is 0.0170. The number of rotatable bonds is 3. The van der Waals surface area contributed by atoms with Gasteiger partial charge in [-0.05, 0) is 59.7 Å². The molecule has 4 rings (SSSR count). The van der Waals surface area contributed by atoms with Crippen molar-refractivity contribution in [1.29, 1.82) is 0 Å². The lowest BCUT2D eigenvalue weighted by molar-refractivity contribution is 0.626. The van der Waals surface area contributed by atoms with Gasteiger partial charge in [0.2, 0.25) is 0 Å². The first kappa shape index (κ1) is 17.1. The third kappa shape index (κ3) is 3.46. The molecule has 3 aromatic rings. The number of hydrogen-bond acceptors (Lipinski definition) is 2. The van der Waals surface area contributed by atoms with Gasteiger partial charge < -0.3 is 0 Å². The second-order valence-electron chi connectivity index (χ2n) is 6.15. The maximum Gasteiger partial charge on any atom is 0.123 e. The Balaban J connectivity index is 1.74. The number of hydrazone groups is 1. The minimum Gasteiger partial charge on any atom is -0.257 e. The third-order valence-corrected chi connectivity index (χ3v) is 4.94. The molecule has 0 saturated heterocycles. The smallest absolute Gasteiger partial charge is 0.123 e. The van der Waals surface area contributed by atoms with E-state index in [9.17, 15) is 4.39 Å². The molecule has 1 aliphatic heterocycles. The molecule has 1 heterocycles. The molecule has 0 aromatic heterocycles. The van der Waals surface area contributed by atoms with Gasteiger partial charge in [0.15, 0.2) is 0 Å². The van der Waals surface area contributed by atoms with Gasteiger partial charge in [0, 0.05) is 16.5 Å². The molecule has 3 aromatic carbocycles. The average Bonchev–Trinajstić information content (AvgIpc) is 3.09. The number of halogens is 3. The van der Waals surface area contributed by atoms with Crippen molar-refractivity contribution in [3.8, 4) is 0 Å². The lowest BCUT2D eigenvalue weighted by Gasteiger charge is -2.24. The van der Waals surface area contributed by atoms with Crippen molar-refractivity contribution in [2.45, 2.75) is 12.5 Å². The zero-order valence-electron chi connectivity index (χ0n) is 13.7. The third-order valence-electron chi connectivity index (χ3n) is 4.43. The van der Waals surface area contributed by atoms with Crippen LogP contribution in [0.4, 0.5) is 10.1 Å². The van der Waals surface area contributed by atoms with Crippen LogP contribution in [-0.4, -0.2) is 5.71 Å². The SMILES string of the molecule is Fc1ccc(N2N=C(c3ccc(Cl)cc3)C[C@@H]2c2ccc(Cl)cc2)cc1. The Morgan fingerprint density at radius 3 is 2.00 bits per heavy atom. The van der Waals surface area contributed by atoms with Crippen molar-refractivity contribution in [3.05, 3.63) is 99.8 Å². The molecule has 0 bridgehead atoms. The number of benzene rings is 3. The summed E-state index contributed by atoms with van der Waals surface area (Å²) in [7, 11) is 0. The molecule has 0 saturated carbocycles. The second kappa shape index (κ2) is 7.10. The summed E-state index contributed by atoms with van der Waals surface area (Å²) in [5.41, 5.74) is 3.94. The quantitative estimate of drug-likeness (QED) is 0.503. The molecule has 5 heteroatoms. The van der Waals surface area contributed by atoms with Gasteiger partial charge in [-0.2, -0.15) is 5.10 Å². The van der Waals surface area contributed by atoms with Crippen molar-refractivity contribution < 1.29 is 4.39 Å². The molecule has 0 aliphatic carbocycles. The Bertz CT molecular complexity index is 935. The molecule has 0 N–H and O–H groups in total. The molecular formula is C21H15Cl2FN2. The van der Waals surface area contributed by atoms with Gasteiger partial charge >= 0.3 is 0 Å². The van der Waals surface area contributed by atoms with Crippen LogP contribution in [0.5, 0.6) is 0 Å². The van der Waals surface area contributed by atoms with Crippen LogP contribution in [0, 0.1) is 5.82 Å². The van der Waals surface area contributed by atoms with Gasteiger partial charge in [-0.25, -0.2) is 4.39 Å². The first-order valence-electron chi connectivity index (χ1n) is 8.24. The van der Waals surface area contributed by atoms with Crippen LogP contribution in [0.25, 0.3) is 0 Å². The molecule has 0 unspecified atom stereocenters. The molecular weight excluding hydrogens is 370 g/mol. The molecule has 1 aliphatic rings. The van der Waals surface area contributed by atoms with E-state index in [1.165, 1.54) is 12.1 Å². The van der Waals surface area contributed by atoms with Gasteiger partial charge in [-0.3, -0.25) is 5.01 Å². The first-order chi connectivity index (χ1) is 12.6. The monoisotopic (exact) mass is 384 g/mol. The van der Waals surface area contributed by atoms with Crippen LogP contribution in [0.3, 0.4) is 0 Å². The largest absolute Gasteiger partial charge is 0.257 e. The van der Waals surface area contributed by atoms with Gasteiger partial charge in [0.05, 0.1) is 17.4 Å². The van der Waals surface area contributed by atoms with Crippen LogP contribution in [-0.2, 0) is 0 Å². The highest BCUT2D eigenvalue weighted by Crippen LogP contribution is 2.37. The van der Waals surface area contributed by atoms with E-state index >= 15 is 0 Å². The summed E-state index contributed by atoms with van der Waals surface area (Å²) < 4.78 is 13.3. The number of hydrogen-bond donors (Lipinski definition) is 0. The lowest BCUT2D eigenvalue weighted by Crippen LogP contribution is -2.18. The zero-order valence-corrected chi connectivity index (χ0v) is 15.3. The van der Waals surface area contributed by atoms with Crippen molar-refractivity contribution in [2.75, 3.05) is 5.01 Å². The lowest BCUT2D eigenvalue weighted by atomic mass is 9.98. The van der Waals surface area contributed by atoms with Crippen molar-refractivity contribution in [1.82, 2.24) is 0 Å². The summed E-state index contributed by atoms with van der Waals surface area (Å²) >= 11 is 12.0. The van der Waals surface area contributed by atoms with Crippen LogP contribution in [0.1, 0.15) is 23.6 Å². The fraction of sp³-hybridized carbons (Fsp3) is 0.0952. The van der Waals surface area contributed by atoms with E-state index < -0.39 is 0 Å². The van der Waals surface area contributed by atoms with Crippen LogP contribution < -0.4 is 5.01 Å². The Kier molecular flexibility index (Phi) is 4.66. The first-order valence-corrected chi connectivity index (χ1v) is 8.99. The van der Waals surface area contributed by atoms with E-state index in [0.29, 0.717) is 10.0 Å². The molecule has 0 radical (unpaired) electrons. The van der Waals surface area contributed by atoms with E-state index in [1.54, 1.807) is 12.1 Å². The fourth-order valence-electron chi connectivity index (χ4n) is 3.10. The standard InChI is InChI=1S/C21H15Cl2FN2/c22-16-5-1-14(2-6-16)20-13-21(15-3-7-17(23)8-4-15)26(25-20)19-11-9-18(24)10-12-19/h1-12,21H,13H2/t21-/m1/s1. The molecule has 0 fully saturated rings. The summed E-state index contributed by atoms with van der Waals surface area (Å²) in [5, 5.41) is 8.14. The predicted octanol–water partition coefficient (Wildman–Crippen LogP) is 6.49. The highest BCUT2D eigenvalue weighted by molar-refractivity contribution is 6.31. The Morgan fingerprint density at radius 1 is 0.808 bits per heavy atom. The molecule has 1 atom stereocenters. The normalized spacial score (nSPS) is 16.7. The van der Waals surface area contributed by atoms with E-state index in [-0.39, 0.29) is 11.9 Å². The zero-order chi connectivity index (χ0) is 18.1. The minimum atomic E-state index is -0.266. The fourth-order valence-corrected chi connectivity index (χ4v) is 3.36. The number of anilines is 1. The van der Waals surface area contributed by atoms with Crippen molar-refractivity contribution in [3.63, 3.8) is 0 Å². The maximum absolute atomic E-state index is 13.3. The van der Waals surface area contributed by atoms with Crippen LogP contribution in [0.2, 0.25) is 10.0 Å². The predicted molar refractivity (Wildman–Crippen MR) is 106 cm³/mol. The summed E-state index contributed by atoms with van der Waals surface area (Å²) in [5.74, 6) is -0.266. The van der Waals surface area contributed by atoms with E-state index in [0.717, 1.165) is 28.9 Å². The van der Waals surface area contributed by atoms with Gasteiger partial charge in [-0.15, -0.1) is 0 Å². The molecule has 130 valence electrons. The maximum atomic E-state index is 13.3. The van der Waals surface area contributed by atoms with Gasteiger partial charge in [0.1, 0.15) is 5.82 Å². The van der Waals surface area contributed by atoms with Crippen LogP contribution in [0.15, 0.2) is 77.9 Å². The Hall–Kier alpha value is -2.36.